The van der Waals surface area contributed by atoms with Gasteiger partial charge >= 0.3 is 0 Å². The summed E-state index contributed by atoms with van der Waals surface area (Å²) < 4.78 is 0. The zero-order valence-corrected chi connectivity index (χ0v) is 11.8. The van der Waals surface area contributed by atoms with E-state index in [1.807, 2.05) is 0 Å². The van der Waals surface area contributed by atoms with Crippen LogP contribution in [0.25, 0.3) is 0 Å². The van der Waals surface area contributed by atoms with Crippen molar-refractivity contribution in [3.8, 4) is 0 Å². The van der Waals surface area contributed by atoms with Crippen LogP contribution in [0.4, 0.5) is 0 Å². The van der Waals surface area contributed by atoms with E-state index in [0.29, 0.717) is 0 Å². The van der Waals surface area contributed by atoms with Crippen molar-refractivity contribution in [2.45, 2.75) is 70.9 Å². The Morgan fingerprint density at radius 3 is 2.29 bits per heavy atom. The summed E-state index contributed by atoms with van der Waals surface area (Å²) in [5.74, 6) is 1.01. The van der Waals surface area contributed by atoms with Crippen molar-refractivity contribution in [2.24, 2.45) is 5.92 Å². The van der Waals surface area contributed by atoms with E-state index in [9.17, 15) is 0 Å². The number of piperidine rings is 2. The van der Waals surface area contributed by atoms with Gasteiger partial charge in [-0.1, -0.05) is 6.42 Å². The summed E-state index contributed by atoms with van der Waals surface area (Å²) in [5.41, 5.74) is 0. The molecule has 1 N–H and O–H groups in total. The summed E-state index contributed by atoms with van der Waals surface area (Å²) in [7, 11) is 0. The van der Waals surface area contributed by atoms with Gasteiger partial charge in [0.1, 0.15) is 0 Å². The highest BCUT2D eigenvalue weighted by molar-refractivity contribution is 4.79. The molecule has 2 fully saturated rings. The number of nitrogens with one attached hydrogen (secondary N) is 1. The molecule has 0 aromatic rings. The molecule has 2 aliphatic heterocycles. The first-order chi connectivity index (χ1) is 8.27. The molecule has 2 rings (SSSR count). The lowest BCUT2D eigenvalue weighted by Gasteiger charge is -2.39. The van der Waals surface area contributed by atoms with Gasteiger partial charge in [0.25, 0.3) is 0 Å². The third kappa shape index (κ3) is 3.96. The monoisotopic (exact) mass is 238 g/mol. The summed E-state index contributed by atoms with van der Waals surface area (Å²) in [6.45, 7) is 8.68. The van der Waals surface area contributed by atoms with E-state index in [4.69, 9.17) is 0 Å². The lowest BCUT2D eigenvalue weighted by atomic mass is 9.92. The van der Waals surface area contributed by atoms with Gasteiger partial charge in [0.2, 0.25) is 0 Å². The number of nitrogens with zero attached hydrogens (tertiary/aromatic N) is 1. The molecule has 0 spiro atoms. The molecule has 0 aromatic carbocycles. The third-order valence-corrected chi connectivity index (χ3v) is 4.86. The van der Waals surface area contributed by atoms with Crippen LogP contribution in [-0.2, 0) is 0 Å². The van der Waals surface area contributed by atoms with E-state index < -0.39 is 0 Å². The molecular weight excluding hydrogens is 208 g/mol. The van der Waals surface area contributed by atoms with E-state index >= 15 is 0 Å². The lowest BCUT2D eigenvalue weighted by molar-refractivity contribution is 0.0988. The molecular formula is C15H30N2. The Kier molecular flexibility index (Phi) is 5.30. The first-order valence-electron chi connectivity index (χ1n) is 7.74. The van der Waals surface area contributed by atoms with Crippen LogP contribution in [0, 0.1) is 5.92 Å². The van der Waals surface area contributed by atoms with Gasteiger partial charge in [0.15, 0.2) is 0 Å². The lowest BCUT2D eigenvalue weighted by Crippen LogP contribution is -2.44. The molecule has 2 atom stereocenters. The van der Waals surface area contributed by atoms with Crippen molar-refractivity contribution in [2.75, 3.05) is 19.6 Å². The highest BCUT2D eigenvalue weighted by atomic mass is 15.2. The minimum absolute atomic E-state index is 0.826. The van der Waals surface area contributed by atoms with Crippen molar-refractivity contribution >= 4 is 0 Å². The maximum Gasteiger partial charge on any atom is 0.00697 e. The van der Waals surface area contributed by atoms with Crippen LogP contribution in [0.2, 0.25) is 0 Å². The number of hydrogen-bond acceptors (Lipinski definition) is 2. The van der Waals surface area contributed by atoms with Crippen LogP contribution in [0.5, 0.6) is 0 Å². The minimum Gasteiger partial charge on any atom is -0.317 e. The molecule has 2 saturated heterocycles. The third-order valence-electron chi connectivity index (χ3n) is 4.86. The van der Waals surface area contributed by atoms with Crippen molar-refractivity contribution in [1.29, 1.82) is 0 Å². The first-order valence-corrected chi connectivity index (χ1v) is 7.74. The van der Waals surface area contributed by atoms with E-state index in [1.165, 1.54) is 64.6 Å². The second kappa shape index (κ2) is 6.75. The smallest absolute Gasteiger partial charge is 0.00697 e. The van der Waals surface area contributed by atoms with Crippen molar-refractivity contribution in [1.82, 2.24) is 10.2 Å². The molecule has 2 heterocycles. The molecule has 2 nitrogen and oxygen atoms in total. The SMILES string of the molecule is CC1CCCC(C)N1CCCC1CCNCC1. The Morgan fingerprint density at radius 1 is 1.00 bits per heavy atom. The largest absolute Gasteiger partial charge is 0.317 e. The standard InChI is InChI=1S/C15H30N2/c1-13-5-3-6-14(2)17(13)12-4-7-15-8-10-16-11-9-15/h13-16H,3-12H2,1-2H3. The zero-order valence-electron chi connectivity index (χ0n) is 11.8. The van der Waals surface area contributed by atoms with Crippen LogP contribution >= 0.6 is 0 Å². The predicted molar refractivity (Wildman–Crippen MR) is 74.3 cm³/mol. The van der Waals surface area contributed by atoms with Crippen molar-refractivity contribution in [3.05, 3.63) is 0 Å². The Bertz CT molecular complexity index is 201. The van der Waals surface area contributed by atoms with Gasteiger partial charge in [0.05, 0.1) is 0 Å². The maximum absolute atomic E-state index is 3.46. The van der Waals surface area contributed by atoms with Crippen LogP contribution in [0.15, 0.2) is 0 Å². The molecule has 0 bridgehead atoms. The van der Waals surface area contributed by atoms with Crippen LogP contribution in [0.3, 0.4) is 0 Å². The second-order valence-corrected chi connectivity index (χ2v) is 6.20. The van der Waals surface area contributed by atoms with Crippen LogP contribution < -0.4 is 5.32 Å². The average molecular weight is 238 g/mol. The van der Waals surface area contributed by atoms with E-state index in [2.05, 4.69) is 24.1 Å². The number of hydrogen-bond donors (Lipinski definition) is 1. The molecule has 0 amide bonds. The van der Waals surface area contributed by atoms with Crippen molar-refractivity contribution < 1.29 is 0 Å². The van der Waals surface area contributed by atoms with Gasteiger partial charge in [-0.25, -0.2) is 0 Å². The first kappa shape index (κ1) is 13.4. The molecule has 100 valence electrons. The summed E-state index contributed by atoms with van der Waals surface area (Å²) in [6.07, 6.45) is 9.95. The molecule has 17 heavy (non-hydrogen) atoms. The molecule has 2 heteroatoms. The van der Waals surface area contributed by atoms with E-state index in [1.54, 1.807) is 0 Å². The minimum atomic E-state index is 0.826. The Balaban J connectivity index is 1.66. The van der Waals surface area contributed by atoms with Gasteiger partial charge in [-0.05, 0) is 77.9 Å². The second-order valence-electron chi connectivity index (χ2n) is 6.20. The van der Waals surface area contributed by atoms with Gasteiger partial charge < -0.3 is 5.32 Å². The Hall–Kier alpha value is -0.0800. The van der Waals surface area contributed by atoms with E-state index in [-0.39, 0.29) is 0 Å². The Morgan fingerprint density at radius 2 is 1.65 bits per heavy atom. The Labute approximate surface area is 107 Å². The summed E-state index contributed by atoms with van der Waals surface area (Å²) in [5, 5.41) is 3.46. The van der Waals surface area contributed by atoms with Gasteiger partial charge in [-0.15, -0.1) is 0 Å². The highest BCUT2D eigenvalue weighted by Crippen LogP contribution is 2.24. The van der Waals surface area contributed by atoms with Crippen LogP contribution in [0.1, 0.15) is 58.8 Å². The fourth-order valence-corrected chi connectivity index (χ4v) is 3.65. The molecule has 2 unspecified atom stereocenters. The number of rotatable bonds is 4. The molecule has 0 aliphatic carbocycles. The van der Waals surface area contributed by atoms with E-state index in [0.717, 1.165) is 18.0 Å². The van der Waals surface area contributed by atoms with Crippen molar-refractivity contribution in [3.63, 3.8) is 0 Å². The molecule has 2 aliphatic rings. The van der Waals surface area contributed by atoms with Crippen LogP contribution in [-0.4, -0.2) is 36.6 Å². The quantitative estimate of drug-likeness (QED) is 0.810. The average Bonchev–Trinajstić information content (AvgIpc) is 2.34. The molecule has 0 radical (unpaired) electrons. The number of likely N-dealkylation sites (tertiary alicyclic amines) is 1. The van der Waals surface area contributed by atoms with Gasteiger partial charge in [0, 0.05) is 12.1 Å². The van der Waals surface area contributed by atoms with Gasteiger partial charge in [-0.2, -0.15) is 0 Å². The highest BCUT2D eigenvalue weighted by Gasteiger charge is 2.24. The normalized spacial score (nSPS) is 32.8. The summed E-state index contributed by atoms with van der Waals surface area (Å²) in [6, 6.07) is 1.65. The fraction of sp³-hybridized carbons (Fsp3) is 1.00. The molecule has 0 aromatic heterocycles. The predicted octanol–water partition coefficient (Wildman–Crippen LogP) is 3.03. The molecule has 0 saturated carbocycles. The topological polar surface area (TPSA) is 15.3 Å². The maximum atomic E-state index is 3.46. The summed E-state index contributed by atoms with van der Waals surface area (Å²) >= 11 is 0. The fourth-order valence-electron chi connectivity index (χ4n) is 3.65. The van der Waals surface area contributed by atoms with Gasteiger partial charge in [-0.3, -0.25) is 4.90 Å². The summed E-state index contributed by atoms with van der Waals surface area (Å²) in [4.78, 5) is 2.75. The zero-order chi connectivity index (χ0) is 12.1.